The van der Waals surface area contributed by atoms with Crippen LogP contribution in [-0.2, 0) is 0 Å². The molecule has 0 heterocycles. The van der Waals surface area contributed by atoms with Crippen LogP contribution in [-0.4, -0.2) is 0 Å². The van der Waals surface area contributed by atoms with Crippen molar-refractivity contribution in [1.29, 1.82) is 5.26 Å². The van der Waals surface area contributed by atoms with Gasteiger partial charge in [-0.3, -0.25) is 0 Å². The van der Waals surface area contributed by atoms with E-state index in [0.717, 1.165) is 5.02 Å². The van der Waals surface area contributed by atoms with Crippen molar-refractivity contribution in [1.82, 2.24) is 0 Å². The van der Waals surface area contributed by atoms with Crippen LogP contribution in [0, 0.1) is 11.3 Å². The molecule has 0 aliphatic rings. The molecule has 2 heteroatoms. The summed E-state index contributed by atoms with van der Waals surface area (Å²) in [5.41, 5.74) is 1.17. The fourth-order valence-electron chi connectivity index (χ4n) is 1.05. The van der Waals surface area contributed by atoms with Gasteiger partial charge in [-0.15, -0.1) is 0 Å². The van der Waals surface area contributed by atoms with E-state index in [9.17, 15) is 0 Å². The van der Waals surface area contributed by atoms with Gasteiger partial charge in [0.05, 0.1) is 6.07 Å². The highest BCUT2D eigenvalue weighted by Crippen LogP contribution is 2.20. The number of benzene rings is 1. The van der Waals surface area contributed by atoms with Crippen LogP contribution in [0.5, 0.6) is 0 Å². The van der Waals surface area contributed by atoms with Crippen LogP contribution < -0.4 is 0 Å². The molecule has 0 amide bonds. The summed E-state index contributed by atoms with van der Waals surface area (Å²) in [4.78, 5) is 0. The second-order valence-electron chi connectivity index (χ2n) is 2.81. The Hall–Kier alpha value is -1.00. The lowest BCUT2D eigenvalue weighted by atomic mass is 9.99. The Morgan fingerprint density at radius 3 is 2.50 bits per heavy atom. The van der Waals surface area contributed by atoms with Gasteiger partial charge in [-0.25, -0.2) is 0 Å². The lowest BCUT2D eigenvalue weighted by molar-refractivity contribution is 0.789. The van der Waals surface area contributed by atoms with E-state index in [1.54, 1.807) is 0 Å². The molecule has 1 aromatic carbocycles. The van der Waals surface area contributed by atoms with Crippen molar-refractivity contribution in [3.05, 3.63) is 34.9 Å². The minimum absolute atomic E-state index is 0.298. The third-order valence-electron chi connectivity index (χ3n) is 1.84. The molecule has 0 spiro atoms. The quantitative estimate of drug-likeness (QED) is 0.683. The van der Waals surface area contributed by atoms with Crippen LogP contribution in [0.3, 0.4) is 0 Å². The van der Waals surface area contributed by atoms with Gasteiger partial charge in [-0.05, 0) is 23.6 Å². The summed E-state index contributed by atoms with van der Waals surface area (Å²) in [5.74, 6) is 0.298. The summed E-state index contributed by atoms with van der Waals surface area (Å²) in [6, 6.07) is 9.78. The van der Waals surface area contributed by atoms with Crippen molar-refractivity contribution in [3.8, 4) is 6.07 Å². The molecule has 0 aliphatic carbocycles. The number of rotatable bonds is 2. The molecule has 1 rings (SSSR count). The van der Waals surface area contributed by atoms with Crippen molar-refractivity contribution < 1.29 is 0 Å². The van der Waals surface area contributed by atoms with Crippen LogP contribution in [0.15, 0.2) is 24.3 Å². The minimum Gasteiger partial charge on any atom is -0.198 e. The molecule has 0 bridgehead atoms. The predicted molar refractivity (Wildman–Crippen MR) is 50.1 cm³/mol. The fourth-order valence-corrected chi connectivity index (χ4v) is 1.17. The Morgan fingerprint density at radius 1 is 1.42 bits per heavy atom. The van der Waals surface area contributed by atoms with E-state index in [1.807, 2.05) is 31.2 Å². The lowest BCUT2D eigenvalue weighted by Gasteiger charge is -2.06. The van der Waals surface area contributed by atoms with Crippen molar-refractivity contribution in [2.24, 2.45) is 0 Å². The highest BCUT2D eigenvalue weighted by molar-refractivity contribution is 6.30. The topological polar surface area (TPSA) is 23.8 Å². The third kappa shape index (κ3) is 2.25. The maximum Gasteiger partial charge on any atom is 0.0628 e. The summed E-state index contributed by atoms with van der Waals surface area (Å²) >= 11 is 5.73. The summed E-state index contributed by atoms with van der Waals surface area (Å²) in [5, 5.41) is 9.22. The van der Waals surface area contributed by atoms with Gasteiger partial charge in [-0.2, -0.15) is 5.26 Å². The number of hydrogen-bond donors (Lipinski definition) is 0. The summed E-state index contributed by atoms with van der Waals surface area (Å²) in [6.07, 6.45) is 0.557. The van der Waals surface area contributed by atoms with Crippen molar-refractivity contribution in [2.45, 2.75) is 19.3 Å². The first-order valence-electron chi connectivity index (χ1n) is 3.86. The maximum atomic E-state index is 8.48. The zero-order valence-corrected chi connectivity index (χ0v) is 7.67. The predicted octanol–water partition coefficient (Wildman–Crippen LogP) is 3.36. The number of halogens is 1. The normalized spacial score (nSPS) is 12.1. The average molecular weight is 180 g/mol. The zero-order valence-electron chi connectivity index (χ0n) is 6.92. The highest BCUT2D eigenvalue weighted by Gasteiger charge is 2.03. The molecule has 1 atom stereocenters. The van der Waals surface area contributed by atoms with E-state index in [4.69, 9.17) is 16.9 Å². The Kier molecular flexibility index (Phi) is 3.13. The smallest absolute Gasteiger partial charge is 0.0628 e. The molecular weight excluding hydrogens is 170 g/mol. The Labute approximate surface area is 77.6 Å². The molecular formula is C10H10ClN. The Balaban J connectivity index is 2.76. The van der Waals surface area contributed by atoms with E-state index >= 15 is 0 Å². The number of hydrogen-bond acceptors (Lipinski definition) is 1. The molecule has 0 saturated carbocycles. The second kappa shape index (κ2) is 4.13. The molecule has 62 valence electrons. The first kappa shape index (κ1) is 9.09. The largest absolute Gasteiger partial charge is 0.198 e. The summed E-state index contributed by atoms with van der Waals surface area (Å²) < 4.78 is 0. The Morgan fingerprint density at radius 2 is 2.00 bits per heavy atom. The molecule has 0 aromatic heterocycles. The molecule has 0 unspecified atom stereocenters. The van der Waals surface area contributed by atoms with E-state index < -0.39 is 0 Å². The molecule has 1 nitrogen and oxygen atoms in total. The SMILES string of the molecule is C[C@H](CC#N)c1ccc(Cl)cc1. The van der Waals surface area contributed by atoms with Crippen molar-refractivity contribution >= 4 is 11.6 Å². The molecule has 1 aromatic rings. The first-order chi connectivity index (χ1) is 5.74. The van der Waals surface area contributed by atoms with Crippen LogP contribution in [0.1, 0.15) is 24.8 Å². The minimum atomic E-state index is 0.298. The van der Waals surface area contributed by atoms with Gasteiger partial charge in [0.25, 0.3) is 0 Å². The first-order valence-corrected chi connectivity index (χ1v) is 4.24. The maximum absolute atomic E-state index is 8.48. The van der Waals surface area contributed by atoms with Crippen molar-refractivity contribution in [3.63, 3.8) is 0 Å². The van der Waals surface area contributed by atoms with Gasteiger partial charge in [0.1, 0.15) is 0 Å². The van der Waals surface area contributed by atoms with Gasteiger partial charge >= 0.3 is 0 Å². The second-order valence-corrected chi connectivity index (χ2v) is 3.25. The van der Waals surface area contributed by atoms with Crippen LogP contribution in [0.4, 0.5) is 0 Å². The highest BCUT2D eigenvalue weighted by atomic mass is 35.5. The standard InChI is InChI=1S/C10H10ClN/c1-8(6-7-12)9-2-4-10(11)5-3-9/h2-5,8H,6H2,1H3/t8-/m1/s1. The van der Waals surface area contributed by atoms with Crippen LogP contribution in [0.2, 0.25) is 5.02 Å². The summed E-state index contributed by atoms with van der Waals surface area (Å²) in [6.45, 7) is 2.03. The monoisotopic (exact) mass is 179 g/mol. The molecule has 0 saturated heterocycles. The van der Waals surface area contributed by atoms with Crippen LogP contribution >= 0.6 is 11.6 Å². The molecule has 0 radical (unpaired) electrons. The van der Waals surface area contributed by atoms with Gasteiger partial charge in [0, 0.05) is 11.4 Å². The average Bonchev–Trinajstić information content (AvgIpc) is 2.06. The molecule has 0 aliphatic heterocycles. The Bertz CT molecular complexity index is 284. The molecule has 0 N–H and O–H groups in total. The molecule has 12 heavy (non-hydrogen) atoms. The van der Waals surface area contributed by atoms with Gasteiger partial charge < -0.3 is 0 Å². The third-order valence-corrected chi connectivity index (χ3v) is 2.09. The number of nitriles is 1. The van der Waals surface area contributed by atoms with Crippen molar-refractivity contribution in [2.75, 3.05) is 0 Å². The number of nitrogens with zero attached hydrogens (tertiary/aromatic N) is 1. The van der Waals surface area contributed by atoms with Gasteiger partial charge in [0.2, 0.25) is 0 Å². The van der Waals surface area contributed by atoms with Gasteiger partial charge in [-0.1, -0.05) is 30.7 Å². The molecule has 0 fully saturated rings. The van der Waals surface area contributed by atoms with E-state index in [1.165, 1.54) is 5.56 Å². The van der Waals surface area contributed by atoms with E-state index in [2.05, 4.69) is 6.07 Å². The lowest BCUT2D eigenvalue weighted by Crippen LogP contribution is -1.90. The zero-order chi connectivity index (χ0) is 8.97. The van der Waals surface area contributed by atoms with E-state index in [0.29, 0.717) is 12.3 Å². The fraction of sp³-hybridized carbons (Fsp3) is 0.300. The van der Waals surface area contributed by atoms with Crippen LogP contribution in [0.25, 0.3) is 0 Å². The summed E-state index contributed by atoms with van der Waals surface area (Å²) in [7, 11) is 0. The van der Waals surface area contributed by atoms with E-state index in [-0.39, 0.29) is 0 Å². The van der Waals surface area contributed by atoms with Gasteiger partial charge in [0.15, 0.2) is 0 Å².